The Bertz CT molecular complexity index is 1570. The third-order valence-corrected chi connectivity index (χ3v) is 8.37. The molecule has 40 heavy (non-hydrogen) atoms. The Morgan fingerprint density at radius 3 is 2.73 bits per heavy atom. The maximum absolute atomic E-state index is 13.2. The van der Waals surface area contributed by atoms with Crippen molar-refractivity contribution in [3.05, 3.63) is 66.5 Å². The van der Waals surface area contributed by atoms with Crippen molar-refractivity contribution >= 4 is 40.7 Å². The fourth-order valence-corrected chi connectivity index (χ4v) is 5.96. The fourth-order valence-electron chi connectivity index (χ4n) is 5.96. The molecule has 0 radical (unpaired) electrons. The zero-order chi connectivity index (χ0) is 26.4. The second-order valence-electron chi connectivity index (χ2n) is 11.0. The van der Waals surface area contributed by atoms with Crippen LogP contribution in [0, 0.1) is 12.3 Å². The largest absolute Gasteiger partial charge is 0.437 e. The number of ether oxygens (including phenoxy) is 1. The van der Waals surface area contributed by atoms with Crippen molar-refractivity contribution < 1.29 is 9.53 Å². The van der Waals surface area contributed by atoms with Gasteiger partial charge in [0.15, 0.2) is 0 Å². The summed E-state index contributed by atoms with van der Waals surface area (Å²) in [6.07, 6.45) is 8.71. The number of halogens is 1. The predicted molar refractivity (Wildman–Crippen MR) is 159 cm³/mol. The molecule has 8 nitrogen and oxygen atoms in total. The van der Waals surface area contributed by atoms with E-state index in [9.17, 15) is 4.79 Å². The number of carbonyl (C=O) groups is 1. The molecule has 7 rings (SSSR count). The Morgan fingerprint density at radius 1 is 1.02 bits per heavy atom. The van der Waals surface area contributed by atoms with Crippen molar-refractivity contribution in [2.45, 2.75) is 45.1 Å². The van der Waals surface area contributed by atoms with Crippen LogP contribution < -0.4 is 20.3 Å². The van der Waals surface area contributed by atoms with E-state index in [1.165, 1.54) is 0 Å². The number of nitrogens with zero attached hydrogens (tertiary/aromatic N) is 4. The van der Waals surface area contributed by atoms with Crippen LogP contribution in [0.25, 0.3) is 22.0 Å². The summed E-state index contributed by atoms with van der Waals surface area (Å²) in [5.74, 6) is 2.09. The Labute approximate surface area is 240 Å². The zero-order valence-electron chi connectivity index (χ0n) is 22.5. The average molecular weight is 557 g/mol. The highest BCUT2D eigenvalue weighted by molar-refractivity contribution is 6.09. The van der Waals surface area contributed by atoms with E-state index in [1.54, 1.807) is 12.4 Å². The molecular formula is C31H33ClN6O2. The summed E-state index contributed by atoms with van der Waals surface area (Å²) in [5.41, 5.74) is 3.39. The Hall–Kier alpha value is -3.75. The predicted octanol–water partition coefficient (Wildman–Crippen LogP) is 5.90. The number of fused-ring (bicyclic) bond motifs is 1. The first-order chi connectivity index (χ1) is 19.1. The summed E-state index contributed by atoms with van der Waals surface area (Å²) in [6.45, 7) is 4.77. The van der Waals surface area contributed by atoms with Crippen LogP contribution in [0.15, 0.2) is 60.9 Å². The van der Waals surface area contributed by atoms with E-state index < -0.39 is 0 Å². The Balaban J connectivity index is 0.00000289. The second kappa shape index (κ2) is 10.7. The standard InChI is InChI=1S/C31H32N6O2.ClH/c1-20-9-10-22-23(6-2-8-26(22)37-18-14-31(12-13-31)29(37)38)27(20)39-28-24(7-4-16-33-28)25-11-17-34-30(36-25)35-21-5-3-15-32-19-21;/h2,4,6-11,16-17,21,32H,3,5,12-15,18-19H2,1H3,(H,34,35,36);1H. The molecule has 1 atom stereocenters. The van der Waals surface area contributed by atoms with Gasteiger partial charge in [-0.3, -0.25) is 4.79 Å². The van der Waals surface area contributed by atoms with Gasteiger partial charge in [-0.1, -0.05) is 24.3 Å². The molecule has 3 fully saturated rings. The summed E-state index contributed by atoms with van der Waals surface area (Å²) in [5, 5.41) is 8.85. The molecule has 2 aromatic heterocycles. The van der Waals surface area contributed by atoms with Gasteiger partial charge in [0.05, 0.1) is 22.4 Å². The van der Waals surface area contributed by atoms with Gasteiger partial charge in [0, 0.05) is 42.3 Å². The SMILES string of the molecule is Cc1ccc2c(N3CCC4(CC4)C3=O)cccc2c1Oc1ncccc1-c1ccnc(NC2CCCNC2)n1.Cl. The van der Waals surface area contributed by atoms with Crippen molar-refractivity contribution in [3.8, 4) is 22.9 Å². The molecule has 1 aliphatic carbocycles. The third-order valence-electron chi connectivity index (χ3n) is 8.37. The molecule has 1 amide bonds. The normalized spacial score (nSPS) is 19.5. The summed E-state index contributed by atoms with van der Waals surface area (Å²) in [7, 11) is 0. The highest BCUT2D eigenvalue weighted by Gasteiger charge is 2.55. The number of aryl methyl sites for hydroxylation is 1. The van der Waals surface area contributed by atoms with Gasteiger partial charge in [0.25, 0.3) is 0 Å². The van der Waals surface area contributed by atoms with Crippen molar-refractivity contribution in [1.82, 2.24) is 20.3 Å². The number of carbonyl (C=O) groups excluding carboxylic acids is 1. The van der Waals surface area contributed by atoms with E-state index in [4.69, 9.17) is 9.72 Å². The van der Waals surface area contributed by atoms with Gasteiger partial charge in [-0.15, -0.1) is 12.4 Å². The minimum Gasteiger partial charge on any atom is -0.437 e. The number of aromatic nitrogens is 3. The molecule has 2 N–H and O–H groups in total. The number of amides is 1. The quantitative estimate of drug-likeness (QED) is 0.306. The van der Waals surface area contributed by atoms with E-state index in [0.29, 0.717) is 17.9 Å². The van der Waals surface area contributed by atoms with Crippen LogP contribution in [-0.2, 0) is 4.79 Å². The van der Waals surface area contributed by atoms with Crippen LogP contribution in [0.1, 0.15) is 37.7 Å². The van der Waals surface area contributed by atoms with Crippen LogP contribution >= 0.6 is 12.4 Å². The fraction of sp³-hybridized carbons (Fsp3) is 0.355. The lowest BCUT2D eigenvalue weighted by molar-refractivity contribution is -0.121. The smallest absolute Gasteiger partial charge is 0.233 e. The van der Waals surface area contributed by atoms with E-state index in [1.807, 2.05) is 42.2 Å². The van der Waals surface area contributed by atoms with Gasteiger partial charge in [-0.2, -0.15) is 0 Å². The van der Waals surface area contributed by atoms with Crippen molar-refractivity contribution in [2.75, 3.05) is 29.9 Å². The second-order valence-corrected chi connectivity index (χ2v) is 11.0. The number of hydrogen-bond acceptors (Lipinski definition) is 7. The van der Waals surface area contributed by atoms with Crippen LogP contribution in [0.2, 0.25) is 0 Å². The lowest BCUT2D eigenvalue weighted by Crippen LogP contribution is -2.38. The minimum atomic E-state index is -0.103. The van der Waals surface area contributed by atoms with E-state index in [0.717, 1.165) is 90.8 Å². The first kappa shape index (κ1) is 26.5. The first-order valence-corrected chi connectivity index (χ1v) is 13.9. The van der Waals surface area contributed by atoms with Gasteiger partial charge in [0.1, 0.15) is 5.75 Å². The molecule has 2 saturated heterocycles. The van der Waals surface area contributed by atoms with Gasteiger partial charge < -0.3 is 20.3 Å². The molecule has 4 aromatic rings. The maximum Gasteiger partial charge on any atom is 0.233 e. The monoisotopic (exact) mass is 556 g/mol. The highest BCUT2D eigenvalue weighted by Crippen LogP contribution is 2.55. The molecule has 1 unspecified atom stereocenters. The number of rotatable bonds is 6. The number of piperidine rings is 1. The van der Waals surface area contributed by atoms with Crippen LogP contribution in [-0.4, -0.2) is 46.5 Å². The van der Waals surface area contributed by atoms with Gasteiger partial charge in [0.2, 0.25) is 17.7 Å². The number of pyridine rings is 1. The van der Waals surface area contributed by atoms with Crippen molar-refractivity contribution in [3.63, 3.8) is 0 Å². The third kappa shape index (κ3) is 4.75. The molecular weight excluding hydrogens is 524 g/mol. The minimum absolute atomic E-state index is 0. The topological polar surface area (TPSA) is 92.3 Å². The summed E-state index contributed by atoms with van der Waals surface area (Å²) >= 11 is 0. The van der Waals surface area contributed by atoms with Crippen LogP contribution in [0.3, 0.4) is 0 Å². The van der Waals surface area contributed by atoms with Gasteiger partial charge in [-0.05, 0) is 75.4 Å². The molecule has 2 aromatic carbocycles. The summed E-state index contributed by atoms with van der Waals surface area (Å²) < 4.78 is 6.59. The van der Waals surface area contributed by atoms with E-state index in [-0.39, 0.29) is 23.7 Å². The zero-order valence-corrected chi connectivity index (χ0v) is 23.3. The molecule has 4 heterocycles. The Kier molecular flexibility index (Phi) is 7.06. The molecule has 206 valence electrons. The average Bonchev–Trinajstić information content (AvgIpc) is 3.69. The molecule has 1 saturated carbocycles. The summed E-state index contributed by atoms with van der Waals surface area (Å²) in [6, 6.07) is 16.3. The molecule has 9 heteroatoms. The van der Waals surface area contributed by atoms with Crippen LogP contribution in [0.5, 0.6) is 11.6 Å². The molecule has 0 bridgehead atoms. The summed E-state index contributed by atoms with van der Waals surface area (Å²) in [4.78, 5) is 29.0. The lowest BCUT2D eigenvalue weighted by atomic mass is 10.0. The Morgan fingerprint density at radius 2 is 1.93 bits per heavy atom. The van der Waals surface area contributed by atoms with E-state index >= 15 is 0 Å². The lowest BCUT2D eigenvalue weighted by Gasteiger charge is -2.23. The first-order valence-electron chi connectivity index (χ1n) is 13.9. The number of nitrogens with one attached hydrogen (secondary N) is 2. The number of anilines is 2. The van der Waals surface area contributed by atoms with Gasteiger partial charge in [-0.25, -0.2) is 15.0 Å². The molecule has 3 aliphatic rings. The van der Waals surface area contributed by atoms with Gasteiger partial charge >= 0.3 is 0 Å². The van der Waals surface area contributed by atoms with E-state index in [2.05, 4.69) is 38.8 Å². The highest BCUT2D eigenvalue weighted by atomic mass is 35.5. The number of benzene rings is 2. The van der Waals surface area contributed by atoms with Crippen LogP contribution in [0.4, 0.5) is 11.6 Å². The maximum atomic E-state index is 13.2. The molecule has 2 aliphatic heterocycles. The number of hydrogen-bond donors (Lipinski definition) is 2. The van der Waals surface area contributed by atoms with Crippen molar-refractivity contribution in [2.24, 2.45) is 5.41 Å². The van der Waals surface area contributed by atoms with Crippen molar-refractivity contribution in [1.29, 1.82) is 0 Å². The molecule has 1 spiro atoms.